The van der Waals surface area contributed by atoms with Gasteiger partial charge in [-0.05, 0) is 61.2 Å². The van der Waals surface area contributed by atoms with Crippen LogP contribution in [0.2, 0.25) is 0 Å². The van der Waals surface area contributed by atoms with Crippen LogP contribution in [0.1, 0.15) is 37.3 Å². The van der Waals surface area contributed by atoms with Gasteiger partial charge < -0.3 is 14.4 Å². The van der Waals surface area contributed by atoms with Crippen molar-refractivity contribution in [2.45, 2.75) is 36.6 Å². The molecule has 0 radical (unpaired) electrons. The molecule has 3 rings (SSSR count). The third-order valence-corrected chi connectivity index (χ3v) is 6.76. The second kappa shape index (κ2) is 9.95. The summed E-state index contributed by atoms with van der Waals surface area (Å²) >= 11 is 0. The third-order valence-electron chi connectivity index (χ3n) is 5.27. The minimum atomic E-state index is -3.83. The molecular formula is C22H28N2O5S. The van der Waals surface area contributed by atoms with Crippen molar-refractivity contribution < 1.29 is 22.7 Å². The van der Waals surface area contributed by atoms with Crippen LogP contribution in [0.5, 0.6) is 11.5 Å². The molecule has 0 bridgehead atoms. The quantitative estimate of drug-likeness (QED) is 0.693. The number of amides is 1. The van der Waals surface area contributed by atoms with Crippen LogP contribution < -0.4 is 14.2 Å². The zero-order valence-electron chi connectivity index (χ0n) is 17.3. The SMILES string of the molecule is COc1ccc(C(CC(=O)N2CCCCC2)NS(=O)(=O)c2ccc(OC)cc2)cc1. The van der Waals surface area contributed by atoms with Crippen LogP contribution >= 0.6 is 0 Å². The van der Waals surface area contributed by atoms with Crippen molar-refractivity contribution in [1.82, 2.24) is 9.62 Å². The highest BCUT2D eigenvalue weighted by molar-refractivity contribution is 7.89. The van der Waals surface area contributed by atoms with Crippen molar-refractivity contribution in [3.05, 3.63) is 54.1 Å². The monoisotopic (exact) mass is 432 g/mol. The van der Waals surface area contributed by atoms with Gasteiger partial charge in [-0.1, -0.05) is 12.1 Å². The maximum Gasteiger partial charge on any atom is 0.241 e. The van der Waals surface area contributed by atoms with Gasteiger partial charge in [-0.25, -0.2) is 13.1 Å². The number of carbonyl (C=O) groups is 1. The predicted octanol–water partition coefficient (Wildman–Crippen LogP) is 3.13. The second-order valence-electron chi connectivity index (χ2n) is 7.27. The number of rotatable bonds is 8. The van der Waals surface area contributed by atoms with Crippen molar-refractivity contribution in [1.29, 1.82) is 0 Å². The van der Waals surface area contributed by atoms with E-state index >= 15 is 0 Å². The Hall–Kier alpha value is -2.58. The number of ether oxygens (including phenoxy) is 2. The number of nitrogens with one attached hydrogen (secondary N) is 1. The van der Waals surface area contributed by atoms with Crippen molar-refractivity contribution >= 4 is 15.9 Å². The van der Waals surface area contributed by atoms with E-state index in [2.05, 4.69) is 4.72 Å². The number of piperidine rings is 1. The van der Waals surface area contributed by atoms with Crippen molar-refractivity contribution in [2.75, 3.05) is 27.3 Å². The minimum absolute atomic E-state index is 0.0482. The topological polar surface area (TPSA) is 84.9 Å². The highest BCUT2D eigenvalue weighted by Gasteiger charge is 2.26. The summed E-state index contributed by atoms with van der Waals surface area (Å²) in [6.07, 6.45) is 3.14. The van der Waals surface area contributed by atoms with E-state index in [1.807, 2.05) is 4.90 Å². The molecule has 1 fully saturated rings. The normalized spacial score (nSPS) is 15.5. The van der Waals surface area contributed by atoms with Gasteiger partial charge in [0, 0.05) is 19.5 Å². The standard InChI is InChI=1S/C22H28N2O5S/c1-28-18-8-6-17(7-9-18)21(16-22(25)24-14-4-3-5-15-24)23-30(26,27)20-12-10-19(29-2)11-13-20/h6-13,21,23H,3-5,14-16H2,1-2H3. The fourth-order valence-corrected chi connectivity index (χ4v) is 4.75. The molecule has 30 heavy (non-hydrogen) atoms. The van der Waals surface area contributed by atoms with E-state index in [1.54, 1.807) is 43.5 Å². The van der Waals surface area contributed by atoms with E-state index < -0.39 is 16.1 Å². The van der Waals surface area contributed by atoms with Crippen LogP contribution in [0.15, 0.2) is 53.4 Å². The molecule has 2 aromatic carbocycles. The lowest BCUT2D eigenvalue weighted by Crippen LogP contribution is -2.39. The Kier molecular flexibility index (Phi) is 7.33. The number of sulfonamides is 1. The van der Waals surface area contributed by atoms with Gasteiger partial charge in [0.15, 0.2) is 0 Å². The molecule has 162 valence electrons. The largest absolute Gasteiger partial charge is 0.497 e. The predicted molar refractivity (Wildman–Crippen MR) is 114 cm³/mol. The molecule has 1 saturated heterocycles. The maximum atomic E-state index is 13.0. The average Bonchev–Trinajstić information content (AvgIpc) is 2.79. The van der Waals surface area contributed by atoms with Crippen LogP contribution in [0.25, 0.3) is 0 Å². The van der Waals surface area contributed by atoms with Crippen LogP contribution in [-0.4, -0.2) is 46.5 Å². The summed E-state index contributed by atoms with van der Waals surface area (Å²) in [5, 5.41) is 0. The highest BCUT2D eigenvalue weighted by atomic mass is 32.2. The minimum Gasteiger partial charge on any atom is -0.497 e. The van der Waals surface area contributed by atoms with Gasteiger partial charge in [0.1, 0.15) is 11.5 Å². The summed E-state index contributed by atoms with van der Waals surface area (Å²) in [7, 11) is -0.742. The molecule has 0 aliphatic carbocycles. The van der Waals surface area contributed by atoms with Crippen LogP contribution in [-0.2, 0) is 14.8 Å². The van der Waals surface area contributed by atoms with Gasteiger partial charge >= 0.3 is 0 Å². The highest BCUT2D eigenvalue weighted by Crippen LogP contribution is 2.25. The van der Waals surface area contributed by atoms with Gasteiger partial charge in [0.25, 0.3) is 0 Å². The molecule has 2 aromatic rings. The summed E-state index contributed by atoms with van der Waals surface area (Å²) in [6, 6.07) is 12.6. The van der Waals surface area contributed by atoms with E-state index in [-0.39, 0.29) is 17.2 Å². The molecule has 0 spiro atoms. The van der Waals surface area contributed by atoms with E-state index in [1.165, 1.54) is 19.2 Å². The van der Waals surface area contributed by atoms with Gasteiger partial charge in [0.2, 0.25) is 15.9 Å². The van der Waals surface area contributed by atoms with Crippen molar-refractivity contribution in [3.63, 3.8) is 0 Å². The molecule has 1 heterocycles. The Morgan fingerprint density at radius 2 is 1.47 bits per heavy atom. The Bertz CT molecular complexity index is 936. The lowest BCUT2D eigenvalue weighted by molar-refractivity contribution is -0.132. The molecule has 0 aromatic heterocycles. The van der Waals surface area contributed by atoms with Crippen LogP contribution in [0.3, 0.4) is 0 Å². The molecule has 8 heteroatoms. The summed E-state index contributed by atoms with van der Waals surface area (Å²) in [5.41, 5.74) is 0.707. The van der Waals surface area contributed by atoms with Gasteiger partial charge in [-0.2, -0.15) is 0 Å². The van der Waals surface area contributed by atoms with E-state index in [0.717, 1.165) is 32.4 Å². The molecule has 1 atom stereocenters. The molecule has 1 unspecified atom stereocenters. The summed E-state index contributed by atoms with van der Waals surface area (Å²) < 4.78 is 39.0. The molecule has 0 saturated carbocycles. The fourth-order valence-electron chi connectivity index (χ4n) is 3.52. The smallest absolute Gasteiger partial charge is 0.241 e. The molecule has 7 nitrogen and oxygen atoms in total. The zero-order valence-corrected chi connectivity index (χ0v) is 18.2. The Labute approximate surface area is 178 Å². The Morgan fingerprint density at radius 1 is 0.933 bits per heavy atom. The zero-order chi connectivity index (χ0) is 21.6. The van der Waals surface area contributed by atoms with E-state index in [9.17, 15) is 13.2 Å². The fraction of sp³-hybridized carbons (Fsp3) is 0.409. The first-order valence-corrected chi connectivity index (χ1v) is 11.5. The van der Waals surface area contributed by atoms with Crippen LogP contribution in [0, 0.1) is 0 Å². The first kappa shape index (κ1) is 22.1. The lowest BCUT2D eigenvalue weighted by atomic mass is 10.0. The summed E-state index contributed by atoms with van der Waals surface area (Å²) in [4.78, 5) is 14.8. The number of hydrogen-bond donors (Lipinski definition) is 1. The molecular weight excluding hydrogens is 404 g/mol. The number of carbonyl (C=O) groups excluding carboxylic acids is 1. The number of nitrogens with zero attached hydrogens (tertiary/aromatic N) is 1. The Morgan fingerprint density at radius 3 is 2.00 bits per heavy atom. The average molecular weight is 433 g/mol. The Balaban J connectivity index is 1.84. The molecule has 1 amide bonds. The number of likely N-dealkylation sites (tertiary alicyclic amines) is 1. The number of benzene rings is 2. The third kappa shape index (κ3) is 5.52. The van der Waals surface area contributed by atoms with Gasteiger partial charge in [-0.15, -0.1) is 0 Å². The van der Waals surface area contributed by atoms with Crippen LogP contribution in [0.4, 0.5) is 0 Å². The first-order chi connectivity index (χ1) is 14.4. The van der Waals surface area contributed by atoms with Gasteiger partial charge in [-0.3, -0.25) is 4.79 Å². The summed E-state index contributed by atoms with van der Waals surface area (Å²) in [5.74, 6) is 1.19. The molecule has 1 aliphatic rings. The maximum absolute atomic E-state index is 13.0. The first-order valence-electron chi connectivity index (χ1n) is 10.0. The second-order valence-corrected chi connectivity index (χ2v) is 8.98. The number of methoxy groups -OCH3 is 2. The van der Waals surface area contributed by atoms with Gasteiger partial charge in [0.05, 0.1) is 25.2 Å². The summed E-state index contributed by atoms with van der Waals surface area (Å²) in [6.45, 7) is 1.44. The van der Waals surface area contributed by atoms with Crippen molar-refractivity contribution in [2.24, 2.45) is 0 Å². The molecule has 1 aliphatic heterocycles. The van der Waals surface area contributed by atoms with Crippen molar-refractivity contribution in [3.8, 4) is 11.5 Å². The van der Waals surface area contributed by atoms with E-state index in [4.69, 9.17) is 9.47 Å². The number of hydrogen-bond acceptors (Lipinski definition) is 5. The lowest BCUT2D eigenvalue weighted by Gasteiger charge is -2.29. The van der Waals surface area contributed by atoms with E-state index in [0.29, 0.717) is 17.1 Å². The molecule has 1 N–H and O–H groups in total.